The van der Waals surface area contributed by atoms with Gasteiger partial charge in [0.25, 0.3) is 0 Å². The number of carboxylic acid groups (broad SMARTS) is 1. The van der Waals surface area contributed by atoms with E-state index in [9.17, 15) is 14.7 Å². The standard InChI is InChI=1S/C16H18O6/c1-9(17)21-8-11-10-5-6-16(2,3)22-12(10)7-13(20-4)14(11)15(18)19/h5-7H,8H2,1-4H3,(H,18,19). The Balaban J connectivity index is 2.65. The van der Waals surface area contributed by atoms with Crippen molar-refractivity contribution in [2.75, 3.05) is 7.11 Å². The Labute approximate surface area is 128 Å². The van der Waals surface area contributed by atoms with Crippen LogP contribution < -0.4 is 9.47 Å². The summed E-state index contributed by atoms with van der Waals surface area (Å²) in [5, 5.41) is 9.46. The summed E-state index contributed by atoms with van der Waals surface area (Å²) in [7, 11) is 1.38. The van der Waals surface area contributed by atoms with Crippen LogP contribution in [0.2, 0.25) is 0 Å². The zero-order valence-corrected chi connectivity index (χ0v) is 12.9. The van der Waals surface area contributed by atoms with Crippen LogP contribution in [0.5, 0.6) is 11.5 Å². The molecule has 1 aromatic rings. The lowest BCUT2D eigenvalue weighted by atomic mass is 9.94. The van der Waals surface area contributed by atoms with Crippen molar-refractivity contribution < 1.29 is 28.9 Å². The summed E-state index contributed by atoms with van der Waals surface area (Å²) in [5.41, 5.74) is 0.389. The molecule has 6 heteroatoms. The van der Waals surface area contributed by atoms with Crippen LogP contribution in [-0.4, -0.2) is 29.8 Å². The van der Waals surface area contributed by atoms with Crippen LogP contribution in [0.25, 0.3) is 6.08 Å². The molecule has 0 radical (unpaired) electrons. The molecular formula is C16H18O6. The number of carbonyl (C=O) groups excluding carboxylic acids is 1. The highest BCUT2D eigenvalue weighted by Crippen LogP contribution is 2.39. The molecule has 0 spiro atoms. The van der Waals surface area contributed by atoms with Gasteiger partial charge in [-0.3, -0.25) is 4.79 Å². The predicted molar refractivity (Wildman–Crippen MR) is 79.2 cm³/mol. The van der Waals surface area contributed by atoms with Gasteiger partial charge in [0.15, 0.2) is 0 Å². The van der Waals surface area contributed by atoms with Gasteiger partial charge in [-0.2, -0.15) is 0 Å². The van der Waals surface area contributed by atoms with Gasteiger partial charge >= 0.3 is 11.9 Å². The molecule has 118 valence electrons. The Morgan fingerprint density at radius 2 is 2.05 bits per heavy atom. The first-order valence-electron chi connectivity index (χ1n) is 6.74. The van der Waals surface area contributed by atoms with Gasteiger partial charge in [-0.25, -0.2) is 4.79 Å². The molecule has 22 heavy (non-hydrogen) atoms. The summed E-state index contributed by atoms with van der Waals surface area (Å²) < 4.78 is 16.0. The quantitative estimate of drug-likeness (QED) is 0.861. The van der Waals surface area contributed by atoms with Crippen molar-refractivity contribution in [1.29, 1.82) is 0 Å². The first-order valence-corrected chi connectivity index (χ1v) is 6.74. The fourth-order valence-electron chi connectivity index (χ4n) is 2.29. The number of methoxy groups -OCH3 is 1. The van der Waals surface area contributed by atoms with Gasteiger partial charge in [0, 0.05) is 24.1 Å². The highest BCUT2D eigenvalue weighted by atomic mass is 16.5. The number of fused-ring (bicyclic) bond motifs is 1. The maximum atomic E-state index is 11.6. The van der Waals surface area contributed by atoms with E-state index < -0.39 is 17.5 Å². The molecule has 1 heterocycles. The van der Waals surface area contributed by atoms with Crippen molar-refractivity contribution >= 4 is 18.0 Å². The van der Waals surface area contributed by atoms with Crippen molar-refractivity contribution in [3.8, 4) is 11.5 Å². The smallest absolute Gasteiger partial charge is 0.339 e. The first-order chi connectivity index (χ1) is 10.2. The number of ether oxygens (including phenoxy) is 3. The Kier molecular flexibility index (Phi) is 4.12. The molecule has 0 aliphatic carbocycles. The molecular weight excluding hydrogens is 288 g/mol. The highest BCUT2D eigenvalue weighted by molar-refractivity contribution is 5.95. The second-order valence-electron chi connectivity index (χ2n) is 5.47. The molecule has 0 fully saturated rings. The molecule has 0 saturated carbocycles. The van der Waals surface area contributed by atoms with E-state index in [-0.39, 0.29) is 17.9 Å². The number of aromatic carboxylic acids is 1. The lowest BCUT2D eigenvalue weighted by Gasteiger charge is -2.30. The third kappa shape index (κ3) is 3.05. The number of rotatable bonds is 4. The Morgan fingerprint density at radius 1 is 1.36 bits per heavy atom. The molecule has 2 rings (SSSR count). The number of benzene rings is 1. The fourth-order valence-corrected chi connectivity index (χ4v) is 2.29. The van der Waals surface area contributed by atoms with Crippen LogP contribution in [0.3, 0.4) is 0 Å². The van der Waals surface area contributed by atoms with Crippen LogP contribution in [0.4, 0.5) is 0 Å². The lowest BCUT2D eigenvalue weighted by molar-refractivity contribution is -0.142. The van der Waals surface area contributed by atoms with Crippen LogP contribution in [0.1, 0.15) is 42.3 Å². The Morgan fingerprint density at radius 3 is 2.59 bits per heavy atom. The van der Waals surface area contributed by atoms with Crippen LogP contribution >= 0.6 is 0 Å². The predicted octanol–water partition coefficient (Wildman–Crippen LogP) is 2.64. The van der Waals surface area contributed by atoms with Gasteiger partial charge in [0.05, 0.1) is 7.11 Å². The average Bonchev–Trinajstić information content (AvgIpc) is 2.41. The SMILES string of the molecule is COc1cc2c(c(COC(C)=O)c1C(=O)O)C=CC(C)(C)O2. The van der Waals surface area contributed by atoms with Gasteiger partial charge in [-0.05, 0) is 19.9 Å². The molecule has 0 saturated heterocycles. The fraction of sp³-hybridized carbons (Fsp3) is 0.375. The van der Waals surface area contributed by atoms with Gasteiger partial charge in [0.2, 0.25) is 0 Å². The Hall–Kier alpha value is -2.50. The van der Waals surface area contributed by atoms with Gasteiger partial charge in [-0.1, -0.05) is 6.08 Å². The van der Waals surface area contributed by atoms with Crippen molar-refractivity contribution in [2.24, 2.45) is 0 Å². The number of hydrogen-bond acceptors (Lipinski definition) is 5. The summed E-state index contributed by atoms with van der Waals surface area (Å²) in [6.45, 7) is 4.87. The molecule has 1 N–H and O–H groups in total. The van der Waals surface area contributed by atoms with Crippen LogP contribution in [0.15, 0.2) is 12.1 Å². The molecule has 0 amide bonds. The van der Waals surface area contributed by atoms with E-state index in [1.54, 1.807) is 12.1 Å². The molecule has 6 nitrogen and oxygen atoms in total. The lowest BCUT2D eigenvalue weighted by Crippen LogP contribution is -2.28. The van der Waals surface area contributed by atoms with Crippen LogP contribution in [0, 0.1) is 0 Å². The summed E-state index contributed by atoms with van der Waals surface area (Å²) in [6.07, 6.45) is 3.61. The van der Waals surface area contributed by atoms with Gasteiger partial charge < -0.3 is 19.3 Å². The maximum Gasteiger partial charge on any atom is 0.339 e. The van der Waals surface area contributed by atoms with Crippen LogP contribution in [-0.2, 0) is 16.1 Å². The molecule has 0 aromatic heterocycles. The minimum absolute atomic E-state index is 0.0320. The van der Waals surface area contributed by atoms with Gasteiger partial charge in [0.1, 0.15) is 29.3 Å². The normalized spacial score (nSPS) is 14.7. The van der Waals surface area contributed by atoms with E-state index in [2.05, 4.69) is 0 Å². The van der Waals surface area contributed by atoms with Crippen molar-refractivity contribution in [1.82, 2.24) is 0 Å². The van der Waals surface area contributed by atoms with E-state index in [0.29, 0.717) is 16.9 Å². The second-order valence-corrected chi connectivity index (χ2v) is 5.47. The monoisotopic (exact) mass is 306 g/mol. The van der Waals surface area contributed by atoms with Crippen molar-refractivity contribution in [2.45, 2.75) is 33.0 Å². The molecule has 1 aliphatic rings. The maximum absolute atomic E-state index is 11.6. The van der Waals surface area contributed by atoms with E-state index >= 15 is 0 Å². The molecule has 0 atom stereocenters. The van der Waals surface area contributed by atoms with Gasteiger partial charge in [-0.15, -0.1) is 0 Å². The summed E-state index contributed by atoms with van der Waals surface area (Å²) in [6, 6.07) is 1.54. The minimum atomic E-state index is -1.15. The Bertz CT molecular complexity index is 657. The second kappa shape index (κ2) is 5.71. The summed E-state index contributed by atoms with van der Waals surface area (Å²) >= 11 is 0. The molecule has 1 aliphatic heterocycles. The summed E-state index contributed by atoms with van der Waals surface area (Å²) in [4.78, 5) is 22.6. The number of carbonyl (C=O) groups is 2. The molecule has 0 unspecified atom stereocenters. The topological polar surface area (TPSA) is 82.1 Å². The number of hydrogen-bond donors (Lipinski definition) is 1. The van der Waals surface area contributed by atoms with E-state index in [1.807, 2.05) is 19.9 Å². The minimum Gasteiger partial charge on any atom is -0.496 e. The molecule has 0 bridgehead atoms. The third-order valence-corrected chi connectivity index (χ3v) is 3.28. The van der Waals surface area contributed by atoms with Crippen molar-refractivity contribution in [3.63, 3.8) is 0 Å². The zero-order valence-electron chi connectivity index (χ0n) is 12.9. The summed E-state index contributed by atoms with van der Waals surface area (Å²) in [5.74, 6) is -0.981. The van der Waals surface area contributed by atoms with Crippen molar-refractivity contribution in [3.05, 3.63) is 28.8 Å². The first kappa shape index (κ1) is 15.9. The average molecular weight is 306 g/mol. The highest BCUT2D eigenvalue weighted by Gasteiger charge is 2.29. The molecule has 1 aromatic carbocycles. The zero-order chi connectivity index (χ0) is 16.5. The number of carboxylic acids is 1. The number of esters is 1. The van der Waals surface area contributed by atoms with E-state index in [0.717, 1.165) is 0 Å². The van der Waals surface area contributed by atoms with E-state index in [4.69, 9.17) is 14.2 Å². The van der Waals surface area contributed by atoms with E-state index in [1.165, 1.54) is 14.0 Å². The third-order valence-electron chi connectivity index (χ3n) is 3.28. The largest absolute Gasteiger partial charge is 0.496 e.